The first-order valence-corrected chi connectivity index (χ1v) is 13.3. The van der Waals surface area contributed by atoms with Crippen molar-refractivity contribution in [3.63, 3.8) is 0 Å². The lowest BCUT2D eigenvalue weighted by Crippen LogP contribution is -2.55. The first-order chi connectivity index (χ1) is 19.0. The smallest absolute Gasteiger partial charge is 0.428 e. The fraction of sp³-hybridized carbons (Fsp3) is 0.379. The molecule has 1 spiro atoms. The van der Waals surface area contributed by atoms with Crippen LogP contribution in [0.25, 0.3) is 0 Å². The minimum absolute atomic E-state index is 0.0137. The van der Waals surface area contributed by atoms with Crippen LogP contribution in [0.1, 0.15) is 48.9 Å². The summed E-state index contributed by atoms with van der Waals surface area (Å²) in [7, 11) is 0. The van der Waals surface area contributed by atoms with Gasteiger partial charge in [-0.15, -0.1) is 0 Å². The molecule has 3 aromatic rings. The number of halogens is 6. The molecule has 2 saturated carbocycles. The highest BCUT2D eigenvalue weighted by Gasteiger charge is 2.53. The summed E-state index contributed by atoms with van der Waals surface area (Å²) in [6.07, 6.45) is -2.78. The Hall–Kier alpha value is -3.40. The number of ether oxygens (including phenoxy) is 1. The molecule has 0 radical (unpaired) electrons. The third kappa shape index (κ3) is 5.87. The van der Waals surface area contributed by atoms with E-state index in [2.05, 4.69) is 20.4 Å². The molecule has 2 fully saturated rings. The van der Waals surface area contributed by atoms with Crippen molar-refractivity contribution in [1.29, 1.82) is 0 Å². The quantitative estimate of drug-likeness (QED) is 0.263. The van der Waals surface area contributed by atoms with E-state index in [-0.39, 0.29) is 29.1 Å². The molecule has 2 atom stereocenters. The molecule has 2 aromatic carbocycles. The summed E-state index contributed by atoms with van der Waals surface area (Å²) in [4.78, 5) is 18.0. The number of rotatable bonds is 9. The van der Waals surface area contributed by atoms with Crippen LogP contribution in [0.2, 0.25) is 5.02 Å². The van der Waals surface area contributed by atoms with Crippen molar-refractivity contribution < 1.29 is 31.5 Å². The molecule has 2 N–H and O–H groups in total. The fourth-order valence-corrected chi connectivity index (χ4v) is 5.74. The normalized spacial score (nSPS) is 19.3. The van der Waals surface area contributed by atoms with Gasteiger partial charge in [-0.1, -0.05) is 48.4 Å². The van der Waals surface area contributed by atoms with Crippen LogP contribution in [0, 0.1) is 11.2 Å². The Labute approximate surface area is 233 Å². The maximum Gasteiger partial charge on any atom is 0.461 e. The summed E-state index contributed by atoms with van der Waals surface area (Å²) in [6, 6.07) is 14.0. The zero-order valence-electron chi connectivity index (χ0n) is 21.3. The average Bonchev–Trinajstić information content (AvgIpc) is 3.58. The van der Waals surface area contributed by atoms with Gasteiger partial charge in [0.05, 0.1) is 10.7 Å². The first-order valence-electron chi connectivity index (χ1n) is 12.9. The van der Waals surface area contributed by atoms with Gasteiger partial charge in [0.25, 0.3) is 0 Å². The van der Waals surface area contributed by atoms with Crippen LogP contribution in [0.3, 0.4) is 0 Å². The highest BCUT2D eigenvalue weighted by molar-refractivity contribution is 6.30. The number of nitrogens with zero attached hydrogens (tertiary/aromatic N) is 1. The highest BCUT2D eigenvalue weighted by Crippen LogP contribution is 2.57. The number of urea groups is 1. The van der Waals surface area contributed by atoms with E-state index in [1.54, 1.807) is 30.3 Å². The van der Waals surface area contributed by atoms with E-state index in [0.29, 0.717) is 16.7 Å². The lowest BCUT2D eigenvalue weighted by atomic mass is 9.80. The lowest BCUT2D eigenvalue weighted by molar-refractivity contribution is -0.253. The maximum atomic E-state index is 14.9. The monoisotopic (exact) mass is 579 g/mol. The molecule has 11 heteroatoms. The van der Waals surface area contributed by atoms with Gasteiger partial charge in [0.2, 0.25) is 0 Å². The number of aromatic nitrogens is 1. The Morgan fingerprint density at radius 2 is 1.85 bits per heavy atom. The molecular formula is C29H27ClF5N3O2. The van der Waals surface area contributed by atoms with Crippen molar-refractivity contribution in [2.45, 2.75) is 62.6 Å². The molecular weight excluding hydrogens is 553 g/mol. The number of benzene rings is 2. The molecule has 212 valence electrons. The Balaban J connectivity index is 1.61. The molecule has 0 unspecified atom stereocenters. The molecule has 0 saturated heterocycles. The number of carbonyl (C=O) groups is 1. The fourth-order valence-electron chi connectivity index (χ4n) is 5.63. The zero-order valence-corrected chi connectivity index (χ0v) is 22.0. The summed E-state index contributed by atoms with van der Waals surface area (Å²) < 4.78 is 72.6. The maximum absolute atomic E-state index is 14.9. The average molecular weight is 580 g/mol. The Morgan fingerprint density at radius 1 is 1.10 bits per heavy atom. The Bertz CT molecular complexity index is 1360. The van der Waals surface area contributed by atoms with Crippen LogP contribution in [0.15, 0.2) is 66.9 Å². The predicted octanol–water partition coefficient (Wildman–Crippen LogP) is 7.23. The number of amides is 2. The Morgan fingerprint density at radius 3 is 2.50 bits per heavy atom. The number of pyridine rings is 1. The number of carbonyl (C=O) groups excluding carboxylic acids is 1. The van der Waals surface area contributed by atoms with Crippen molar-refractivity contribution in [1.82, 2.24) is 15.6 Å². The van der Waals surface area contributed by atoms with Gasteiger partial charge >= 0.3 is 18.6 Å². The van der Waals surface area contributed by atoms with Gasteiger partial charge in [0.15, 0.2) is 0 Å². The predicted molar refractivity (Wildman–Crippen MR) is 139 cm³/mol. The van der Waals surface area contributed by atoms with Crippen LogP contribution in [0.4, 0.5) is 26.7 Å². The number of hydrogen-bond donors (Lipinski definition) is 2. The van der Waals surface area contributed by atoms with Gasteiger partial charge in [-0.05, 0) is 66.5 Å². The third-order valence-corrected chi connectivity index (χ3v) is 8.00. The van der Waals surface area contributed by atoms with E-state index in [1.165, 1.54) is 18.3 Å². The van der Waals surface area contributed by atoms with Crippen LogP contribution in [-0.4, -0.2) is 29.6 Å². The number of hydrogen-bond acceptors (Lipinski definition) is 3. The van der Waals surface area contributed by atoms with Crippen LogP contribution < -0.4 is 15.4 Å². The summed E-state index contributed by atoms with van der Waals surface area (Å²) in [6.45, 7) is 0. The molecule has 0 aliphatic heterocycles. The van der Waals surface area contributed by atoms with Crippen molar-refractivity contribution in [3.05, 3.63) is 94.5 Å². The van der Waals surface area contributed by atoms with Gasteiger partial charge in [-0.2, -0.15) is 17.6 Å². The summed E-state index contributed by atoms with van der Waals surface area (Å²) in [5, 5.41) is 6.30. The summed E-state index contributed by atoms with van der Waals surface area (Å²) in [5.41, 5.74) is -0.664. The van der Waals surface area contributed by atoms with Crippen LogP contribution >= 0.6 is 11.6 Å². The lowest BCUT2D eigenvalue weighted by Gasteiger charge is -2.36. The van der Waals surface area contributed by atoms with E-state index in [9.17, 15) is 26.7 Å². The van der Waals surface area contributed by atoms with Crippen molar-refractivity contribution >= 4 is 17.6 Å². The van der Waals surface area contributed by atoms with Gasteiger partial charge in [0.1, 0.15) is 17.1 Å². The molecule has 1 heterocycles. The molecule has 40 heavy (non-hydrogen) atoms. The SMILES string of the molecule is O=C(N[C@@H]1CCCC12CC2)N[C@@](Cc1ccccc1)(c1cc(F)cc(OC(F)(F)C(F)F)c1)c1ccc(Cl)cn1. The van der Waals surface area contributed by atoms with E-state index >= 15 is 0 Å². The van der Waals surface area contributed by atoms with Crippen LogP contribution in [0.5, 0.6) is 5.75 Å². The highest BCUT2D eigenvalue weighted by atomic mass is 35.5. The van der Waals surface area contributed by atoms with Gasteiger partial charge in [0, 0.05) is 24.7 Å². The zero-order chi connectivity index (χ0) is 28.5. The third-order valence-electron chi connectivity index (χ3n) is 7.78. The minimum atomic E-state index is -4.86. The van der Waals surface area contributed by atoms with Crippen molar-refractivity contribution in [2.75, 3.05) is 0 Å². The van der Waals surface area contributed by atoms with E-state index in [0.717, 1.165) is 44.2 Å². The van der Waals surface area contributed by atoms with E-state index < -0.39 is 35.7 Å². The largest absolute Gasteiger partial charge is 0.461 e. The Kier molecular flexibility index (Phi) is 7.65. The minimum Gasteiger partial charge on any atom is -0.428 e. The van der Waals surface area contributed by atoms with Gasteiger partial charge in [-0.3, -0.25) is 4.98 Å². The summed E-state index contributed by atoms with van der Waals surface area (Å²) in [5.74, 6) is -1.86. The van der Waals surface area contributed by atoms with Gasteiger partial charge < -0.3 is 15.4 Å². The first kappa shape index (κ1) is 28.1. The standard InChI is InChI=1S/C29H27ClF5N3O2/c30-20-8-9-24(36-17-20)28(16-18-5-2-1-3-6-18,38-26(39)37-23-7-4-10-27(23)11-12-27)19-13-21(31)15-22(14-19)40-29(34,35)25(32)33/h1-3,5-6,8-9,13-15,17,23,25H,4,7,10-12,16H2,(H2,37,38,39)/t23-,28+/m1/s1. The van der Waals surface area contributed by atoms with E-state index in [1.807, 2.05) is 0 Å². The molecule has 2 aliphatic carbocycles. The van der Waals surface area contributed by atoms with Crippen molar-refractivity contribution in [2.24, 2.45) is 5.41 Å². The second-order valence-electron chi connectivity index (χ2n) is 10.5. The molecule has 5 nitrogen and oxygen atoms in total. The molecule has 2 amide bonds. The second kappa shape index (κ2) is 10.9. The van der Waals surface area contributed by atoms with E-state index in [4.69, 9.17) is 11.6 Å². The molecule has 5 rings (SSSR count). The summed E-state index contributed by atoms with van der Waals surface area (Å²) >= 11 is 6.08. The number of alkyl halides is 4. The molecule has 0 bridgehead atoms. The molecule has 1 aromatic heterocycles. The van der Waals surface area contributed by atoms with Gasteiger partial charge in [-0.25, -0.2) is 9.18 Å². The van der Waals surface area contributed by atoms with Crippen molar-refractivity contribution in [3.8, 4) is 5.75 Å². The van der Waals surface area contributed by atoms with Crippen LogP contribution in [-0.2, 0) is 12.0 Å². The molecule has 2 aliphatic rings. The number of nitrogens with one attached hydrogen (secondary N) is 2. The second-order valence-corrected chi connectivity index (χ2v) is 10.9. The topological polar surface area (TPSA) is 63.2 Å².